The highest BCUT2D eigenvalue weighted by Crippen LogP contribution is 2.49. The van der Waals surface area contributed by atoms with Crippen molar-refractivity contribution < 1.29 is 4.92 Å². The van der Waals surface area contributed by atoms with E-state index in [0.717, 1.165) is 9.79 Å². The van der Waals surface area contributed by atoms with Gasteiger partial charge in [-0.25, -0.2) is 0 Å². The fourth-order valence-electron chi connectivity index (χ4n) is 2.34. The molecule has 0 unspecified atom stereocenters. The van der Waals surface area contributed by atoms with Crippen LogP contribution in [0, 0.1) is 10.1 Å². The molecule has 132 valence electrons. The van der Waals surface area contributed by atoms with Gasteiger partial charge < -0.3 is 11.5 Å². The maximum Gasteiger partial charge on any atom is 0.274 e. The van der Waals surface area contributed by atoms with Gasteiger partial charge in [0.05, 0.1) is 15.1 Å². The minimum absolute atomic E-state index is 0.114. The van der Waals surface area contributed by atoms with Crippen LogP contribution in [0.15, 0.2) is 82.6 Å². The fourth-order valence-corrected chi connectivity index (χ4v) is 4.94. The maximum atomic E-state index is 11.5. The van der Waals surface area contributed by atoms with Crippen molar-refractivity contribution in [3.05, 3.63) is 88.5 Å². The van der Waals surface area contributed by atoms with Crippen LogP contribution in [0.5, 0.6) is 0 Å². The van der Waals surface area contributed by atoms with Gasteiger partial charge in [0.15, 0.2) is 0 Å². The maximum absolute atomic E-state index is 11.5. The molecule has 4 N–H and O–H groups in total. The lowest BCUT2D eigenvalue weighted by atomic mass is 10.2. The van der Waals surface area contributed by atoms with Crippen LogP contribution < -0.4 is 11.5 Å². The average Bonchev–Trinajstić information content (AvgIpc) is 2.64. The van der Waals surface area contributed by atoms with Crippen LogP contribution in [-0.4, -0.2) is 4.92 Å². The summed E-state index contributed by atoms with van der Waals surface area (Å²) in [5, 5.41) is 11.5. The molecule has 3 aromatic rings. The van der Waals surface area contributed by atoms with E-state index in [1.165, 1.54) is 6.07 Å². The first kappa shape index (κ1) is 18.2. The number of nitro benzene ring substituents is 1. The zero-order valence-electron chi connectivity index (χ0n) is 13.7. The second kappa shape index (κ2) is 8.16. The lowest BCUT2D eigenvalue weighted by molar-refractivity contribution is -0.385. The van der Waals surface area contributed by atoms with Crippen molar-refractivity contribution in [1.82, 2.24) is 0 Å². The van der Waals surface area contributed by atoms with E-state index in [1.54, 1.807) is 35.7 Å². The van der Waals surface area contributed by atoms with Crippen molar-refractivity contribution in [2.75, 3.05) is 11.5 Å². The number of anilines is 2. The summed E-state index contributed by atoms with van der Waals surface area (Å²) in [6, 6.07) is 21.8. The second-order valence-corrected chi connectivity index (χ2v) is 8.18. The monoisotopic (exact) mass is 383 g/mol. The predicted octanol–water partition coefficient (Wildman–Crippen LogP) is 5.34. The molecular weight excluding hydrogens is 366 g/mol. The third-order valence-electron chi connectivity index (χ3n) is 3.63. The van der Waals surface area contributed by atoms with Crippen molar-refractivity contribution >= 4 is 40.6 Å². The number of para-hydroxylation sites is 1. The average molecular weight is 383 g/mol. The van der Waals surface area contributed by atoms with Gasteiger partial charge in [0.2, 0.25) is 0 Å². The minimum Gasteiger partial charge on any atom is -0.399 e. The van der Waals surface area contributed by atoms with Gasteiger partial charge in [0.25, 0.3) is 5.69 Å². The molecule has 7 heteroatoms. The highest BCUT2D eigenvalue weighted by Gasteiger charge is 2.23. The molecule has 0 radical (unpaired) electrons. The Morgan fingerprint density at radius 2 is 1.23 bits per heavy atom. The molecule has 0 saturated carbocycles. The summed E-state index contributed by atoms with van der Waals surface area (Å²) in [4.78, 5) is 13.1. The Hall–Kier alpha value is -2.64. The van der Waals surface area contributed by atoms with Crippen LogP contribution in [0.2, 0.25) is 0 Å². The Labute approximate surface area is 159 Å². The van der Waals surface area contributed by atoms with Crippen molar-refractivity contribution in [1.29, 1.82) is 0 Å². The lowest BCUT2D eigenvalue weighted by Crippen LogP contribution is -1.98. The smallest absolute Gasteiger partial charge is 0.274 e. The van der Waals surface area contributed by atoms with Gasteiger partial charge in [-0.2, -0.15) is 0 Å². The Morgan fingerprint density at radius 1 is 0.769 bits per heavy atom. The van der Waals surface area contributed by atoms with Gasteiger partial charge >= 0.3 is 0 Å². The van der Waals surface area contributed by atoms with Gasteiger partial charge in [0.1, 0.15) is 0 Å². The first-order valence-corrected chi connectivity index (χ1v) is 9.56. The Kier molecular flexibility index (Phi) is 5.70. The number of nitrogens with zero attached hydrogens (tertiary/aromatic N) is 1. The van der Waals surface area contributed by atoms with E-state index in [1.807, 2.05) is 54.6 Å². The molecule has 26 heavy (non-hydrogen) atoms. The van der Waals surface area contributed by atoms with E-state index >= 15 is 0 Å². The zero-order chi connectivity index (χ0) is 18.5. The standard InChI is InChI=1S/C19H17N3O2S2/c20-13-5-9-15(10-6-13)25-19(26-16-11-7-14(21)8-12-16)17-3-1-2-4-18(17)22(23)24/h1-12,19H,20-21H2. The van der Waals surface area contributed by atoms with Crippen LogP contribution in [0.1, 0.15) is 10.1 Å². The minimum atomic E-state index is -0.338. The molecule has 0 bridgehead atoms. The molecule has 3 rings (SSSR count). The number of rotatable bonds is 6. The first-order chi connectivity index (χ1) is 12.5. The normalized spacial score (nSPS) is 10.8. The summed E-state index contributed by atoms with van der Waals surface area (Å²) in [6.07, 6.45) is 0. The molecule has 0 amide bonds. The third kappa shape index (κ3) is 4.50. The number of nitrogens with two attached hydrogens (primary N) is 2. The topological polar surface area (TPSA) is 95.2 Å². The molecule has 0 heterocycles. The van der Waals surface area contributed by atoms with Crippen LogP contribution in [0.3, 0.4) is 0 Å². The highest BCUT2D eigenvalue weighted by atomic mass is 32.2. The van der Waals surface area contributed by atoms with Crippen molar-refractivity contribution in [2.24, 2.45) is 0 Å². The van der Waals surface area contributed by atoms with E-state index < -0.39 is 0 Å². The Morgan fingerprint density at radius 3 is 1.69 bits per heavy atom. The van der Waals surface area contributed by atoms with Gasteiger partial charge in [-0.3, -0.25) is 10.1 Å². The molecule has 0 aromatic heterocycles. The van der Waals surface area contributed by atoms with Gasteiger partial charge in [-0.05, 0) is 48.5 Å². The Balaban J connectivity index is 1.96. The lowest BCUT2D eigenvalue weighted by Gasteiger charge is -2.17. The van der Waals surface area contributed by atoms with Crippen LogP contribution >= 0.6 is 23.5 Å². The SMILES string of the molecule is Nc1ccc(SC(Sc2ccc(N)cc2)c2ccccc2[N+](=O)[O-])cc1. The summed E-state index contributed by atoms with van der Waals surface area (Å²) >= 11 is 3.11. The van der Waals surface area contributed by atoms with Gasteiger partial charge in [0, 0.05) is 27.2 Å². The highest BCUT2D eigenvalue weighted by molar-refractivity contribution is 8.16. The molecule has 3 aromatic carbocycles. The molecule has 0 atom stereocenters. The van der Waals surface area contributed by atoms with Gasteiger partial charge in [-0.15, -0.1) is 23.5 Å². The summed E-state index contributed by atoms with van der Waals surface area (Å²) in [7, 11) is 0. The molecule has 5 nitrogen and oxygen atoms in total. The quantitative estimate of drug-likeness (QED) is 0.196. The molecule has 0 fully saturated rings. The van der Waals surface area contributed by atoms with Crippen molar-refractivity contribution in [3.8, 4) is 0 Å². The fraction of sp³-hybridized carbons (Fsp3) is 0.0526. The van der Waals surface area contributed by atoms with Crippen LogP contribution in [0.25, 0.3) is 0 Å². The van der Waals surface area contributed by atoms with E-state index in [2.05, 4.69) is 0 Å². The molecular formula is C19H17N3O2S2. The second-order valence-electron chi connectivity index (χ2n) is 5.52. The zero-order valence-corrected chi connectivity index (χ0v) is 15.4. The number of benzene rings is 3. The summed E-state index contributed by atoms with van der Waals surface area (Å²) < 4.78 is -0.191. The molecule has 0 saturated heterocycles. The van der Waals surface area contributed by atoms with E-state index in [0.29, 0.717) is 16.9 Å². The molecule has 0 aliphatic rings. The molecule has 0 aliphatic heterocycles. The number of hydrogen-bond acceptors (Lipinski definition) is 6. The number of nitro groups is 1. The van der Waals surface area contributed by atoms with Crippen molar-refractivity contribution in [2.45, 2.75) is 14.4 Å². The largest absolute Gasteiger partial charge is 0.399 e. The third-order valence-corrected chi connectivity index (χ3v) is 6.24. The van der Waals surface area contributed by atoms with E-state index in [4.69, 9.17) is 11.5 Å². The summed E-state index contributed by atoms with van der Waals surface area (Å²) in [5.74, 6) is 0. The molecule has 0 aliphatic carbocycles. The Bertz CT molecular complexity index is 852. The first-order valence-electron chi connectivity index (χ1n) is 7.80. The van der Waals surface area contributed by atoms with Gasteiger partial charge in [-0.1, -0.05) is 18.2 Å². The summed E-state index contributed by atoms with van der Waals surface area (Å²) in [5.41, 5.74) is 13.7. The van der Waals surface area contributed by atoms with E-state index in [9.17, 15) is 10.1 Å². The van der Waals surface area contributed by atoms with Crippen molar-refractivity contribution in [3.63, 3.8) is 0 Å². The van der Waals surface area contributed by atoms with Crippen LogP contribution in [0.4, 0.5) is 17.1 Å². The number of thioether (sulfide) groups is 2. The number of nitrogen functional groups attached to an aromatic ring is 2. The number of hydrogen-bond donors (Lipinski definition) is 2. The van der Waals surface area contributed by atoms with Crippen LogP contribution in [-0.2, 0) is 0 Å². The molecule has 0 spiro atoms. The predicted molar refractivity (Wildman–Crippen MR) is 109 cm³/mol. The summed E-state index contributed by atoms with van der Waals surface area (Å²) in [6.45, 7) is 0. The van der Waals surface area contributed by atoms with E-state index in [-0.39, 0.29) is 15.2 Å².